The van der Waals surface area contributed by atoms with E-state index in [4.69, 9.17) is 23.2 Å². The molecule has 12 nitrogen and oxygen atoms in total. The molecular weight excluding hydrogens is 1090 g/mol. The van der Waals surface area contributed by atoms with Gasteiger partial charge in [-0.05, 0) is 83.6 Å². The molecule has 0 spiro atoms. The first-order chi connectivity index (χ1) is 37.3. The van der Waals surface area contributed by atoms with E-state index < -0.39 is 59.1 Å². The minimum atomic E-state index is -4.67. The number of hydrogen-bond donors (Lipinski definition) is 4. The molecule has 2 aliphatic rings. The average molecular weight is 1150 g/mol. The maximum atomic E-state index is 14.8. The van der Waals surface area contributed by atoms with Crippen LogP contribution in [0.5, 0.6) is 11.5 Å². The van der Waals surface area contributed by atoms with Crippen molar-refractivity contribution in [3.63, 3.8) is 0 Å². The van der Waals surface area contributed by atoms with Crippen molar-refractivity contribution in [2.75, 3.05) is 12.4 Å². The van der Waals surface area contributed by atoms with Crippen LogP contribution in [-0.2, 0) is 39.6 Å². The van der Waals surface area contributed by atoms with E-state index >= 15 is 0 Å². The third-order valence-corrected chi connectivity index (χ3v) is 13.3. The molecule has 1 fully saturated rings. The zero-order valence-corrected chi connectivity index (χ0v) is 44.3. The van der Waals surface area contributed by atoms with Gasteiger partial charge in [0.2, 0.25) is 6.41 Å². The fourth-order valence-electron chi connectivity index (χ4n) is 8.55. The maximum absolute atomic E-state index is 14.8. The number of carbonyl (C=O) groups is 2. The van der Waals surface area contributed by atoms with Crippen LogP contribution >= 0.6 is 34.5 Å². The van der Waals surface area contributed by atoms with Crippen molar-refractivity contribution in [2.24, 2.45) is 0 Å². The van der Waals surface area contributed by atoms with Crippen molar-refractivity contribution in [3.8, 4) is 11.5 Å². The van der Waals surface area contributed by atoms with Gasteiger partial charge in [-0.25, -0.2) is 14.5 Å². The third-order valence-electron chi connectivity index (χ3n) is 12.0. The van der Waals surface area contributed by atoms with Crippen LogP contribution in [0.3, 0.4) is 0 Å². The Hall–Kier alpha value is -7.07. The molecule has 4 heterocycles. The Morgan fingerprint density at radius 1 is 0.782 bits per heavy atom. The molecule has 3 aromatic heterocycles. The third kappa shape index (κ3) is 15.6. The summed E-state index contributed by atoms with van der Waals surface area (Å²) in [5.41, 5.74) is -1.01. The Kier molecular flexibility index (Phi) is 20.8. The molecule has 3 amide bonds. The molecule has 2 atom stereocenters. The molecule has 4 N–H and O–H groups in total. The monoisotopic (exact) mass is 1150 g/mol. The van der Waals surface area contributed by atoms with E-state index in [9.17, 15) is 44.7 Å². The number of thiazole rings is 1. The second kappa shape index (κ2) is 27.0. The first-order valence-corrected chi connectivity index (χ1v) is 25.8. The molecule has 0 unspecified atom stereocenters. The minimum absolute atomic E-state index is 0.0282. The summed E-state index contributed by atoms with van der Waals surface area (Å²) in [5, 5.41) is 15.2. The number of aromatic nitrogens is 3. The summed E-state index contributed by atoms with van der Waals surface area (Å²) in [5.74, 6) is -1.22. The number of nitrogens with zero attached hydrogens (tertiary/aromatic N) is 3. The topological polar surface area (TPSA) is 149 Å². The van der Waals surface area contributed by atoms with Crippen LogP contribution in [0.2, 0.25) is 10.0 Å². The van der Waals surface area contributed by atoms with Gasteiger partial charge in [0.1, 0.15) is 22.6 Å². The van der Waals surface area contributed by atoms with Gasteiger partial charge in [0.15, 0.2) is 5.13 Å². The summed E-state index contributed by atoms with van der Waals surface area (Å²) >= 11 is 13.6. The number of urea groups is 1. The van der Waals surface area contributed by atoms with Gasteiger partial charge in [-0.2, -0.15) is 26.3 Å². The highest BCUT2D eigenvalue weighted by Crippen LogP contribution is 2.48. The van der Waals surface area contributed by atoms with Crippen LogP contribution in [0.4, 0.5) is 45.0 Å². The molecule has 1 aliphatic carbocycles. The lowest BCUT2D eigenvalue weighted by atomic mass is 9.79. The van der Waals surface area contributed by atoms with Crippen molar-refractivity contribution in [1.29, 1.82) is 0 Å². The summed E-state index contributed by atoms with van der Waals surface area (Å²) in [6.45, 7) is 4.00. The molecule has 9 rings (SSSR count). The lowest BCUT2D eigenvalue weighted by Crippen LogP contribution is -2.54. The molecule has 414 valence electrons. The van der Waals surface area contributed by atoms with E-state index in [-0.39, 0.29) is 24.4 Å². The number of nitrogens with one attached hydrogen (secondary N) is 4. The van der Waals surface area contributed by atoms with Gasteiger partial charge in [-0.15, -0.1) is 20.1 Å². The SMILES string of the molecule is CC.CNc1nccs1.O=C(NC1CCCC1)N[C@](Cc1ccccc1)(c1ccc2c(c1)C(F)(F)OC(F)(F)O2)c1ccc(Cl)cn1.O=CN[C@@](Cc1ccccc1)(c1cccc(OC(F)(F)C(F)F)c1)c1ccc(Cl)cn1. The molecule has 0 bridgehead atoms. The summed E-state index contributed by atoms with van der Waals surface area (Å²) in [6.07, 6.45) is -8.61. The Bertz CT molecular complexity index is 2990. The molecule has 1 aliphatic heterocycles. The number of ether oxygens (including phenoxy) is 3. The van der Waals surface area contributed by atoms with Gasteiger partial charge in [-0.1, -0.05) is 129 Å². The van der Waals surface area contributed by atoms with Gasteiger partial charge in [0.05, 0.1) is 27.0 Å². The molecule has 1 saturated carbocycles. The zero-order chi connectivity index (χ0) is 56.6. The van der Waals surface area contributed by atoms with Gasteiger partial charge >= 0.3 is 31.0 Å². The number of amides is 3. The summed E-state index contributed by atoms with van der Waals surface area (Å²) in [7, 11) is 1.86. The van der Waals surface area contributed by atoms with Gasteiger partial charge < -0.3 is 30.7 Å². The smallest absolute Gasteiger partial charge is 0.428 e. The van der Waals surface area contributed by atoms with Crippen LogP contribution in [0.25, 0.3) is 0 Å². The number of rotatable bonds is 16. The van der Waals surface area contributed by atoms with Crippen molar-refractivity contribution < 1.29 is 58.9 Å². The number of fused-ring (bicyclic) bond motifs is 1. The first kappa shape index (κ1) is 60.2. The highest BCUT2D eigenvalue weighted by Gasteiger charge is 2.55. The lowest BCUT2D eigenvalue weighted by Gasteiger charge is -2.37. The number of hydrogen-bond acceptors (Lipinski definition) is 10. The number of alkyl halides is 8. The van der Waals surface area contributed by atoms with E-state index in [2.05, 4.69) is 50.4 Å². The van der Waals surface area contributed by atoms with Crippen molar-refractivity contribution >= 4 is 52.1 Å². The summed E-state index contributed by atoms with van der Waals surface area (Å²) < 4.78 is 121. The van der Waals surface area contributed by atoms with Crippen molar-refractivity contribution in [2.45, 2.75) is 94.4 Å². The summed E-state index contributed by atoms with van der Waals surface area (Å²) in [4.78, 5) is 37.6. The Balaban J connectivity index is 0.000000221. The zero-order valence-electron chi connectivity index (χ0n) is 42.0. The molecular formula is C55H53Cl2F8N7O5S. The van der Waals surface area contributed by atoms with E-state index in [0.717, 1.165) is 60.1 Å². The quantitative estimate of drug-likeness (QED) is 0.0548. The fourth-order valence-corrected chi connectivity index (χ4v) is 9.27. The molecule has 0 saturated heterocycles. The van der Waals surface area contributed by atoms with Crippen LogP contribution in [0, 0.1) is 0 Å². The first-order valence-electron chi connectivity index (χ1n) is 24.2. The summed E-state index contributed by atoms with van der Waals surface area (Å²) in [6, 6.07) is 32.5. The predicted octanol–water partition coefficient (Wildman–Crippen LogP) is 13.9. The van der Waals surface area contributed by atoms with Gasteiger partial charge in [0, 0.05) is 49.9 Å². The molecule has 78 heavy (non-hydrogen) atoms. The number of halogens is 10. The molecule has 0 radical (unpaired) electrons. The minimum Gasteiger partial charge on any atom is -0.428 e. The number of carbonyl (C=O) groups excluding carboxylic acids is 2. The normalized spacial score (nSPS) is 15.8. The highest BCUT2D eigenvalue weighted by atomic mass is 35.5. The molecule has 7 aromatic rings. The lowest BCUT2D eigenvalue weighted by molar-refractivity contribution is -0.461. The average Bonchev–Trinajstić information content (AvgIpc) is 4.28. The molecule has 4 aromatic carbocycles. The van der Waals surface area contributed by atoms with Gasteiger partial charge in [-0.3, -0.25) is 14.8 Å². The Morgan fingerprint density at radius 3 is 1.87 bits per heavy atom. The second-order valence-corrected chi connectivity index (χ2v) is 18.9. The van der Waals surface area contributed by atoms with E-state index in [1.807, 2.05) is 62.7 Å². The maximum Gasteiger partial charge on any atom is 0.540 e. The van der Waals surface area contributed by atoms with E-state index in [1.165, 1.54) is 30.6 Å². The Labute approximate surface area is 458 Å². The largest absolute Gasteiger partial charge is 0.540 e. The molecule has 23 heteroatoms. The second-order valence-electron chi connectivity index (χ2n) is 17.2. The highest BCUT2D eigenvalue weighted by molar-refractivity contribution is 7.13. The van der Waals surface area contributed by atoms with Crippen molar-refractivity contribution in [3.05, 3.63) is 201 Å². The predicted molar refractivity (Wildman–Crippen MR) is 281 cm³/mol. The fraction of sp³-hybridized carbons (Fsp3) is 0.291. The Morgan fingerprint density at radius 2 is 1.36 bits per heavy atom. The van der Waals surface area contributed by atoms with Crippen molar-refractivity contribution in [1.82, 2.24) is 30.9 Å². The number of pyridine rings is 2. The van der Waals surface area contributed by atoms with Crippen LogP contribution in [-0.4, -0.2) is 59.3 Å². The van der Waals surface area contributed by atoms with Gasteiger partial charge in [0.25, 0.3) is 0 Å². The number of benzene rings is 4. The van der Waals surface area contributed by atoms with Crippen LogP contribution in [0.1, 0.15) is 78.7 Å². The van der Waals surface area contributed by atoms with E-state index in [1.54, 1.807) is 72.1 Å². The standard InChI is InChI=1S/C27H24ClF4N3O3.C22H17ClF4N2O2.C4H6N2S.C2H6/c28-19-11-13-23(33-16-19)25(15-17-6-2-1-3-7-17,35-24(36)34-20-8-4-5-9-20)18-10-12-22-21(14-18)26(29,30)38-27(31,32)37-22;23-17-9-10-19(28-13-17)21(29-14-30,12-15-5-2-1-3-6-15)16-7-4-8-18(11-16)31-22(26,27)20(24)25;1-5-4-6-2-3-7-4;1-2/h1-3,6-7,10-14,16,20H,4-5,8-9,15H2,(H2,34,35,36);1-11,13-14,20H,12H2,(H,29,30);2-3H,1H3,(H,5,6);1-2H3/t25-;21-;;/m10../s1. The van der Waals surface area contributed by atoms with E-state index in [0.29, 0.717) is 33.4 Å². The van der Waals surface area contributed by atoms with Crippen LogP contribution < -0.4 is 30.7 Å². The van der Waals surface area contributed by atoms with Crippen LogP contribution in [0.15, 0.2) is 151 Å². The number of anilines is 1.